The fraction of sp³-hybridized carbons (Fsp3) is 0.615. The van der Waals surface area contributed by atoms with E-state index >= 15 is 0 Å². The van der Waals surface area contributed by atoms with Gasteiger partial charge in [-0.05, 0) is 115 Å². The molecule has 4 fully saturated rings. The molecule has 4 aliphatic carbocycles. The fourth-order valence-corrected chi connectivity index (χ4v) is 7.18. The minimum Gasteiger partial charge on any atom is -0.508 e. The van der Waals surface area contributed by atoms with Gasteiger partial charge in [0.1, 0.15) is 11.5 Å². The zero-order chi connectivity index (χ0) is 19.3. The number of rotatable bonds is 6. The summed E-state index contributed by atoms with van der Waals surface area (Å²) in [4.78, 5) is 0. The number of hydrogen-bond donors (Lipinski definition) is 2. The molecule has 4 aliphatic rings. The van der Waals surface area contributed by atoms with Gasteiger partial charge in [0.15, 0.2) is 0 Å². The Morgan fingerprint density at radius 3 is 2.04 bits per heavy atom. The Morgan fingerprint density at radius 1 is 0.786 bits per heavy atom. The lowest BCUT2D eigenvalue weighted by atomic mass is 9.48. The number of aryl methyl sites for hydroxylation is 1. The first-order chi connectivity index (χ1) is 13.6. The normalized spacial score (nSPS) is 31.0. The van der Waals surface area contributed by atoms with Crippen molar-refractivity contribution in [2.75, 3.05) is 0 Å². The van der Waals surface area contributed by atoms with Crippen LogP contribution in [0.4, 0.5) is 0 Å². The largest absolute Gasteiger partial charge is 0.508 e. The third-order valence-corrected chi connectivity index (χ3v) is 8.06. The van der Waals surface area contributed by atoms with Gasteiger partial charge >= 0.3 is 0 Å². The Kier molecular flexibility index (Phi) is 4.56. The average Bonchev–Trinajstić information content (AvgIpc) is 2.64. The van der Waals surface area contributed by atoms with E-state index in [1.807, 2.05) is 12.1 Å². The second-order valence-electron chi connectivity index (χ2n) is 10.2. The average molecular weight is 379 g/mol. The van der Waals surface area contributed by atoms with Crippen LogP contribution in [0.15, 0.2) is 24.3 Å². The standard InChI is InChI=1S/C26H34O2/c1-2-3-4-5-6-20-10-21-11-23(25(28)13-22(21)12-24(20)27)26-14-17-7-18(15-26)9-19(8-17)16-26/h10-13,17-19,27-28H,2-9,14-16H2,1H3. The number of benzene rings is 2. The topological polar surface area (TPSA) is 40.5 Å². The molecular weight excluding hydrogens is 344 g/mol. The molecule has 0 saturated heterocycles. The first-order valence-electron chi connectivity index (χ1n) is 11.6. The van der Waals surface area contributed by atoms with Crippen LogP contribution in [0.5, 0.6) is 11.5 Å². The lowest BCUT2D eigenvalue weighted by Crippen LogP contribution is -2.48. The van der Waals surface area contributed by atoms with Crippen LogP contribution in [-0.2, 0) is 11.8 Å². The molecule has 2 N–H and O–H groups in total. The predicted octanol–water partition coefficient (Wildman–Crippen LogP) is 6.84. The second-order valence-corrected chi connectivity index (χ2v) is 10.2. The summed E-state index contributed by atoms with van der Waals surface area (Å²) >= 11 is 0. The smallest absolute Gasteiger partial charge is 0.119 e. The van der Waals surface area contributed by atoms with Gasteiger partial charge in [0.05, 0.1) is 0 Å². The molecule has 0 radical (unpaired) electrons. The molecule has 0 amide bonds. The fourth-order valence-electron chi connectivity index (χ4n) is 7.18. The third-order valence-electron chi connectivity index (χ3n) is 8.06. The predicted molar refractivity (Wildman–Crippen MR) is 115 cm³/mol. The van der Waals surface area contributed by atoms with Crippen LogP contribution in [0.2, 0.25) is 0 Å². The first-order valence-corrected chi connectivity index (χ1v) is 11.6. The zero-order valence-corrected chi connectivity index (χ0v) is 17.2. The van der Waals surface area contributed by atoms with Gasteiger partial charge in [-0.2, -0.15) is 0 Å². The van der Waals surface area contributed by atoms with E-state index < -0.39 is 0 Å². The van der Waals surface area contributed by atoms with Gasteiger partial charge < -0.3 is 10.2 Å². The Balaban J connectivity index is 1.50. The van der Waals surface area contributed by atoms with Crippen molar-refractivity contribution < 1.29 is 10.2 Å². The minimum atomic E-state index is 0.201. The van der Waals surface area contributed by atoms with Crippen molar-refractivity contribution in [1.29, 1.82) is 0 Å². The lowest BCUT2D eigenvalue weighted by Gasteiger charge is -2.57. The SMILES string of the molecule is CCCCCCc1cc2cc(C34CC5CC(CC(C5)C3)C4)c(O)cc2cc1O. The number of hydrogen-bond acceptors (Lipinski definition) is 2. The molecule has 0 unspecified atom stereocenters. The van der Waals surface area contributed by atoms with E-state index in [4.69, 9.17) is 0 Å². The van der Waals surface area contributed by atoms with Crippen molar-refractivity contribution in [3.8, 4) is 11.5 Å². The number of aromatic hydroxyl groups is 2. The monoisotopic (exact) mass is 378 g/mol. The summed E-state index contributed by atoms with van der Waals surface area (Å²) < 4.78 is 0. The first kappa shape index (κ1) is 18.3. The van der Waals surface area contributed by atoms with Crippen LogP contribution in [-0.4, -0.2) is 10.2 Å². The van der Waals surface area contributed by atoms with Gasteiger partial charge in [-0.1, -0.05) is 26.2 Å². The molecule has 0 heterocycles. The van der Waals surface area contributed by atoms with Crippen molar-refractivity contribution in [3.63, 3.8) is 0 Å². The van der Waals surface area contributed by atoms with Gasteiger partial charge in [0.2, 0.25) is 0 Å². The van der Waals surface area contributed by atoms with Crippen LogP contribution in [0.25, 0.3) is 10.8 Å². The highest BCUT2D eigenvalue weighted by Gasteiger charge is 2.52. The van der Waals surface area contributed by atoms with Crippen LogP contribution in [0.3, 0.4) is 0 Å². The van der Waals surface area contributed by atoms with E-state index in [0.29, 0.717) is 11.5 Å². The van der Waals surface area contributed by atoms with E-state index in [9.17, 15) is 10.2 Å². The van der Waals surface area contributed by atoms with Crippen molar-refractivity contribution >= 4 is 10.8 Å². The molecule has 2 heteroatoms. The van der Waals surface area contributed by atoms with Crippen molar-refractivity contribution in [1.82, 2.24) is 0 Å². The number of unbranched alkanes of at least 4 members (excludes halogenated alkanes) is 3. The van der Waals surface area contributed by atoms with Gasteiger partial charge in [0, 0.05) is 5.56 Å². The van der Waals surface area contributed by atoms with E-state index in [2.05, 4.69) is 19.1 Å². The number of fused-ring (bicyclic) bond motifs is 1. The molecule has 6 rings (SSSR count). The molecule has 0 aliphatic heterocycles. The van der Waals surface area contributed by atoms with Gasteiger partial charge in [-0.3, -0.25) is 0 Å². The van der Waals surface area contributed by atoms with Gasteiger partial charge in [-0.15, -0.1) is 0 Å². The van der Waals surface area contributed by atoms with E-state index in [-0.39, 0.29) is 5.41 Å². The van der Waals surface area contributed by atoms with Crippen LogP contribution < -0.4 is 0 Å². The van der Waals surface area contributed by atoms with E-state index in [1.54, 1.807) is 0 Å². The molecule has 2 nitrogen and oxygen atoms in total. The van der Waals surface area contributed by atoms with Crippen LogP contribution in [0.1, 0.15) is 82.3 Å². The van der Waals surface area contributed by atoms with Gasteiger partial charge in [-0.25, -0.2) is 0 Å². The maximum atomic E-state index is 10.9. The third kappa shape index (κ3) is 3.09. The van der Waals surface area contributed by atoms with Crippen molar-refractivity contribution in [2.24, 2.45) is 17.8 Å². The van der Waals surface area contributed by atoms with Crippen molar-refractivity contribution in [2.45, 2.75) is 83.0 Å². The zero-order valence-electron chi connectivity index (χ0n) is 17.2. The number of phenols is 2. The summed E-state index contributed by atoms with van der Waals surface area (Å²) in [5.74, 6) is 3.44. The highest BCUT2D eigenvalue weighted by atomic mass is 16.3. The molecular formula is C26H34O2. The summed E-state index contributed by atoms with van der Waals surface area (Å²) in [5.41, 5.74) is 2.46. The molecule has 4 saturated carbocycles. The second kappa shape index (κ2) is 6.97. The van der Waals surface area contributed by atoms with Gasteiger partial charge in [0.25, 0.3) is 0 Å². The summed E-state index contributed by atoms with van der Waals surface area (Å²) in [7, 11) is 0. The molecule has 0 atom stereocenters. The van der Waals surface area contributed by atoms with Crippen molar-refractivity contribution in [3.05, 3.63) is 35.4 Å². The molecule has 2 aromatic carbocycles. The Hall–Kier alpha value is -1.70. The molecule has 4 bridgehead atoms. The molecule has 0 aromatic heterocycles. The maximum absolute atomic E-state index is 10.9. The Morgan fingerprint density at radius 2 is 1.39 bits per heavy atom. The minimum absolute atomic E-state index is 0.201. The quantitative estimate of drug-likeness (QED) is 0.540. The summed E-state index contributed by atoms with van der Waals surface area (Å²) in [6.07, 6.45) is 13.8. The highest BCUT2D eigenvalue weighted by Crippen LogP contribution is 2.62. The Bertz CT molecular complexity index is 846. The summed E-state index contributed by atoms with van der Waals surface area (Å²) in [5, 5.41) is 23.6. The molecule has 2 aromatic rings. The molecule has 28 heavy (non-hydrogen) atoms. The van der Waals surface area contributed by atoms with E-state index in [0.717, 1.165) is 41.5 Å². The Labute approximate surface area is 169 Å². The lowest BCUT2D eigenvalue weighted by molar-refractivity contribution is -0.00606. The number of phenolic OH excluding ortho intramolecular Hbond substituents is 2. The van der Waals surface area contributed by atoms with Crippen LogP contribution >= 0.6 is 0 Å². The maximum Gasteiger partial charge on any atom is 0.119 e. The summed E-state index contributed by atoms with van der Waals surface area (Å²) in [6, 6.07) is 8.21. The van der Waals surface area contributed by atoms with E-state index in [1.165, 1.54) is 68.7 Å². The summed E-state index contributed by atoms with van der Waals surface area (Å²) in [6.45, 7) is 2.23. The molecule has 0 spiro atoms. The molecule has 150 valence electrons. The van der Waals surface area contributed by atoms with Crippen LogP contribution in [0, 0.1) is 17.8 Å². The highest BCUT2D eigenvalue weighted by molar-refractivity contribution is 5.87.